The fourth-order valence-corrected chi connectivity index (χ4v) is 6.84. The third-order valence-corrected chi connectivity index (χ3v) is 9.01. The van der Waals surface area contributed by atoms with Gasteiger partial charge in [0.15, 0.2) is 0 Å². The second-order valence-corrected chi connectivity index (χ2v) is 11.1. The van der Waals surface area contributed by atoms with Crippen LogP contribution in [0.1, 0.15) is 47.6 Å². The molecule has 1 heterocycles. The Kier molecular flexibility index (Phi) is 6.89. The lowest BCUT2D eigenvalue weighted by atomic mass is 9.94. The molecule has 0 spiro atoms. The van der Waals surface area contributed by atoms with E-state index in [9.17, 15) is 13.2 Å². The largest absolute Gasteiger partial charge is 0.371 e. The first-order chi connectivity index (χ1) is 16.2. The van der Waals surface area contributed by atoms with E-state index in [4.69, 9.17) is 10.5 Å². The standard InChI is InChI=1S/C25H28F2N2O4S/c1-2-19-8-9-23(17-6-4-3-5-7-17)34(31,32)29(19)14-18-12-22(27)20(13-21(18)26)25(10-11-25)16-33-15-24(28)30/h2-7,12-13,19,23H,1,8-11,14-16H2,(H2,28,30)/t19-,23+/m0/s1. The number of hydrogen-bond acceptors (Lipinski definition) is 4. The van der Waals surface area contributed by atoms with Crippen molar-refractivity contribution < 1.29 is 26.7 Å². The molecule has 0 unspecified atom stereocenters. The molecule has 2 N–H and O–H groups in total. The van der Waals surface area contributed by atoms with Crippen LogP contribution in [-0.4, -0.2) is 37.9 Å². The second kappa shape index (κ2) is 9.56. The highest BCUT2D eigenvalue weighted by Crippen LogP contribution is 2.50. The quantitative estimate of drug-likeness (QED) is 0.543. The minimum absolute atomic E-state index is 0.0424. The number of halogens is 2. The van der Waals surface area contributed by atoms with Gasteiger partial charge in [0.2, 0.25) is 15.9 Å². The minimum atomic E-state index is -3.84. The van der Waals surface area contributed by atoms with Crippen LogP contribution in [0.15, 0.2) is 55.1 Å². The van der Waals surface area contributed by atoms with Crippen LogP contribution >= 0.6 is 0 Å². The van der Waals surface area contributed by atoms with Crippen LogP contribution < -0.4 is 5.73 Å². The SMILES string of the molecule is C=C[C@H]1CC[C@H](c2ccccc2)S(=O)(=O)N1Cc1cc(F)c(C2(COCC(N)=O)CC2)cc1F. The smallest absolute Gasteiger partial charge is 0.243 e. The number of nitrogens with two attached hydrogens (primary N) is 1. The molecule has 1 amide bonds. The molecule has 34 heavy (non-hydrogen) atoms. The molecular weight excluding hydrogens is 462 g/mol. The van der Waals surface area contributed by atoms with Gasteiger partial charge in [0.05, 0.1) is 6.61 Å². The Labute approximate surface area is 198 Å². The predicted octanol–water partition coefficient (Wildman–Crippen LogP) is 3.72. The molecular formula is C25H28F2N2O4S. The highest BCUT2D eigenvalue weighted by atomic mass is 32.2. The molecule has 2 atom stereocenters. The molecule has 2 aromatic carbocycles. The Morgan fingerprint density at radius 2 is 1.88 bits per heavy atom. The number of primary amides is 1. The van der Waals surface area contributed by atoms with E-state index in [0.717, 1.165) is 12.1 Å². The number of benzene rings is 2. The van der Waals surface area contributed by atoms with Crippen LogP contribution in [0.25, 0.3) is 0 Å². The van der Waals surface area contributed by atoms with E-state index < -0.39 is 44.3 Å². The first-order valence-electron chi connectivity index (χ1n) is 11.2. The van der Waals surface area contributed by atoms with Crippen molar-refractivity contribution in [3.63, 3.8) is 0 Å². The Morgan fingerprint density at radius 3 is 2.50 bits per heavy atom. The molecule has 4 rings (SSSR count). The molecule has 1 saturated heterocycles. The van der Waals surface area contributed by atoms with E-state index >= 15 is 8.78 Å². The monoisotopic (exact) mass is 490 g/mol. The first kappa shape index (κ1) is 24.5. The van der Waals surface area contributed by atoms with Gasteiger partial charge in [0.1, 0.15) is 23.5 Å². The van der Waals surface area contributed by atoms with Crippen molar-refractivity contribution in [1.29, 1.82) is 0 Å². The van der Waals surface area contributed by atoms with E-state index in [1.165, 1.54) is 10.4 Å². The molecule has 1 aliphatic carbocycles. The molecule has 1 aliphatic heterocycles. The summed E-state index contributed by atoms with van der Waals surface area (Å²) in [5, 5.41) is -0.755. The van der Waals surface area contributed by atoms with Crippen molar-refractivity contribution in [1.82, 2.24) is 4.31 Å². The third kappa shape index (κ3) is 4.78. The number of sulfonamides is 1. The highest BCUT2D eigenvalue weighted by Gasteiger charge is 2.47. The Bertz CT molecular complexity index is 1180. The molecule has 0 radical (unpaired) electrons. The van der Waals surface area contributed by atoms with Crippen molar-refractivity contribution in [2.45, 2.75) is 48.9 Å². The molecule has 1 saturated carbocycles. The molecule has 182 valence electrons. The van der Waals surface area contributed by atoms with Gasteiger partial charge in [-0.25, -0.2) is 17.2 Å². The van der Waals surface area contributed by atoms with E-state index in [1.54, 1.807) is 24.3 Å². The number of ether oxygens (including phenoxy) is 1. The van der Waals surface area contributed by atoms with Crippen LogP contribution in [0.2, 0.25) is 0 Å². The zero-order valence-corrected chi connectivity index (χ0v) is 19.6. The van der Waals surface area contributed by atoms with E-state index in [-0.39, 0.29) is 30.9 Å². The van der Waals surface area contributed by atoms with Crippen molar-refractivity contribution in [2.24, 2.45) is 5.73 Å². The maximum absolute atomic E-state index is 15.2. The number of hydrogen-bond donors (Lipinski definition) is 1. The number of amides is 1. The summed E-state index contributed by atoms with van der Waals surface area (Å²) in [4.78, 5) is 10.9. The van der Waals surface area contributed by atoms with Gasteiger partial charge in [-0.15, -0.1) is 6.58 Å². The Hall–Kier alpha value is -2.62. The summed E-state index contributed by atoms with van der Waals surface area (Å²) in [6.07, 6.45) is 3.68. The number of nitrogens with zero attached hydrogens (tertiary/aromatic N) is 1. The average Bonchev–Trinajstić information content (AvgIpc) is 3.58. The maximum atomic E-state index is 15.2. The fourth-order valence-electron chi connectivity index (χ4n) is 4.69. The van der Waals surface area contributed by atoms with Crippen molar-refractivity contribution >= 4 is 15.9 Å². The van der Waals surface area contributed by atoms with Gasteiger partial charge in [-0.05, 0) is 48.9 Å². The van der Waals surface area contributed by atoms with Crippen LogP contribution in [0.3, 0.4) is 0 Å². The normalized spacial score (nSPS) is 23.4. The third-order valence-electron chi connectivity index (χ3n) is 6.73. The van der Waals surface area contributed by atoms with Crippen LogP contribution in [-0.2, 0) is 31.5 Å². The molecule has 6 nitrogen and oxygen atoms in total. The Balaban J connectivity index is 1.60. The zero-order chi connectivity index (χ0) is 24.5. The lowest BCUT2D eigenvalue weighted by Gasteiger charge is -2.38. The van der Waals surface area contributed by atoms with Gasteiger partial charge < -0.3 is 10.5 Å². The van der Waals surface area contributed by atoms with Crippen LogP contribution in [0, 0.1) is 11.6 Å². The first-order valence-corrected chi connectivity index (χ1v) is 12.7. The highest BCUT2D eigenvalue weighted by molar-refractivity contribution is 7.89. The summed E-state index contributed by atoms with van der Waals surface area (Å²) < 4.78 is 63.8. The summed E-state index contributed by atoms with van der Waals surface area (Å²) >= 11 is 0. The van der Waals surface area contributed by atoms with Gasteiger partial charge in [-0.3, -0.25) is 4.79 Å². The summed E-state index contributed by atoms with van der Waals surface area (Å²) in [5.41, 5.74) is 5.18. The van der Waals surface area contributed by atoms with E-state index in [1.807, 2.05) is 6.07 Å². The second-order valence-electron chi connectivity index (χ2n) is 9.03. The van der Waals surface area contributed by atoms with Crippen molar-refractivity contribution in [3.8, 4) is 0 Å². The van der Waals surface area contributed by atoms with Gasteiger partial charge in [-0.2, -0.15) is 4.31 Å². The van der Waals surface area contributed by atoms with Crippen LogP contribution in [0.5, 0.6) is 0 Å². The molecule has 2 aromatic rings. The molecule has 0 aromatic heterocycles. The summed E-state index contributed by atoms with van der Waals surface area (Å²) in [5.74, 6) is -1.94. The zero-order valence-electron chi connectivity index (χ0n) is 18.8. The van der Waals surface area contributed by atoms with Crippen LogP contribution in [0.4, 0.5) is 8.78 Å². The molecule has 2 fully saturated rings. The van der Waals surface area contributed by atoms with E-state index in [0.29, 0.717) is 31.2 Å². The van der Waals surface area contributed by atoms with Crippen molar-refractivity contribution in [3.05, 3.63) is 83.4 Å². The minimum Gasteiger partial charge on any atom is -0.371 e. The lowest BCUT2D eigenvalue weighted by molar-refractivity contribution is -0.122. The van der Waals surface area contributed by atoms with Gasteiger partial charge >= 0.3 is 0 Å². The molecule has 0 bridgehead atoms. The van der Waals surface area contributed by atoms with Gasteiger partial charge in [-0.1, -0.05) is 36.4 Å². The maximum Gasteiger partial charge on any atom is 0.243 e. The average molecular weight is 491 g/mol. The topological polar surface area (TPSA) is 89.7 Å². The van der Waals surface area contributed by atoms with E-state index in [2.05, 4.69) is 6.58 Å². The fraction of sp³-hybridized carbons (Fsp3) is 0.400. The number of carbonyl (C=O) groups is 1. The van der Waals surface area contributed by atoms with Gasteiger partial charge in [0, 0.05) is 23.6 Å². The Morgan fingerprint density at radius 1 is 1.18 bits per heavy atom. The summed E-state index contributed by atoms with van der Waals surface area (Å²) in [6, 6.07) is 10.6. The number of carbonyl (C=O) groups excluding carboxylic acids is 1. The molecule has 2 aliphatic rings. The predicted molar refractivity (Wildman–Crippen MR) is 124 cm³/mol. The van der Waals surface area contributed by atoms with Gasteiger partial charge in [0.25, 0.3) is 0 Å². The lowest BCUT2D eigenvalue weighted by Crippen LogP contribution is -2.45. The summed E-state index contributed by atoms with van der Waals surface area (Å²) in [7, 11) is -3.84. The summed E-state index contributed by atoms with van der Waals surface area (Å²) in [6.45, 7) is 3.23. The van der Waals surface area contributed by atoms with Crippen molar-refractivity contribution in [2.75, 3.05) is 13.2 Å². The molecule has 9 heteroatoms. The number of rotatable bonds is 9.